The number of aromatic nitrogens is 2. The lowest BCUT2D eigenvalue weighted by Crippen LogP contribution is -2.18. The maximum absolute atomic E-state index is 13.1. The number of allylic oxidation sites excluding steroid dienone is 5. The number of anilines is 1. The van der Waals surface area contributed by atoms with Crippen molar-refractivity contribution in [2.75, 3.05) is 18.4 Å². The molecule has 1 aliphatic rings. The molecule has 1 aliphatic heterocycles. The standard InChI is InChI=1S/C28H32N4O/c1-5-8-24(20(4)19(2)3)22-11-14-26-25(17-22)27(31-30-26)28(33)29-23-12-9-21(10-13-23)18-32-15-6-7-16-32/h5,8-14,17H,2,6-7,15-16,18H2,1,3-4H3,(H,29,33)(H,30,31)/b8-5-,24-20+. The van der Waals surface area contributed by atoms with Gasteiger partial charge in [-0.3, -0.25) is 14.8 Å². The number of likely N-dealkylation sites (tertiary alicyclic amines) is 1. The van der Waals surface area contributed by atoms with Crippen LogP contribution in [0.2, 0.25) is 0 Å². The van der Waals surface area contributed by atoms with Gasteiger partial charge in [-0.15, -0.1) is 0 Å². The van der Waals surface area contributed by atoms with Crippen LogP contribution < -0.4 is 5.32 Å². The summed E-state index contributed by atoms with van der Waals surface area (Å²) in [6.45, 7) is 13.5. The molecular weight excluding hydrogens is 408 g/mol. The molecule has 2 N–H and O–H groups in total. The molecule has 0 saturated carbocycles. The molecule has 0 atom stereocenters. The Hall–Kier alpha value is -3.44. The lowest BCUT2D eigenvalue weighted by Gasteiger charge is -2.14. The van der Waals surface area contributed by atoms with Gasteiger partial charge < -0.3 is 5.32 Å². The maximum atomic E-state index is 13.1. The summed E-state index contributed by atoms with van der Waals surface area (Å²) in [5.74, 6) is -0.223. The molecule has 2 aromatic carbocycles. The van der Waals surface area contributed by atoms with Gasteiger partial charge >= 0.3 is 0 Å². The van der Waals surface area contributed by atoms with Crippen molar-refractivity contribution < 1.29 is 4.79 Å². The van der Waals surface area contributed by atoms with Crippen molar-refractivity contribution in [1.82, 2.24) is 15.1 Å². The van der Waals surface area contributed by atoms with Crippen molar-refractivity contribution in [3.05, 3.63) is 89.2 Å². The minimum Gasteiger partial charge on any atom is -0.321 e. The highest BCUT2D eigenvalue weighted by molar-refractivity contribution is 6.11. The Balaban J connectivity index is 1.56. The summed E-state index contributed by atoms with van der Waals surface area (Å²) in [6, 6.07) is 14.1. The Morgan fingerprint density at radius 1 is 1.15 bits per heavy atom. The number of fused-ring (bicyclic) bond motifs is 1. The SMILES string of the molecule is C=C(C)/C(C)=C(\C=C/C)c1ccc2[nH]nc(C(=O)Nc3ccc(CN4CCCC4)cc3)c2c1. The summed E-state index contributed by atoms with van der Waals surface area (Å²) in [6.07, 6.45) is 6.66. The van der Waals surface area contributed by atoms with Crippen LogP contribution in [0.25, 0.3) is 16.5 Å². The van der Waals surface area contributed by atoms with Gasteiger partial charge in [-0.25, -0.2) is 0 Å². The van der Waals surface area contributed by atoms with Gasteiger partial charge in [-0.1, -0.05) is 42.5 Å². The number of nitrogens with one attached hydrogen (secondary N) is 2. The van der Waals surface area contributed by atoms with Crippen LogP contribution in [-0.4, -0.2) is 34.1 Å². The number of amides is 1. The normalized spacial score (nSPS) is 15.2. The van der Waals surface area contributed by atoms with E-state index in [1.165, 1.54) is 31.5 Å². The molecule has 5 heteroatoms. The first-order valence-electron chi connectivity index (χ1n) is 11.6. The molecule has 4 rings (SSSR count). The van der Waals surface area contributed by atoms with Gasteiger partial charge in [0.15, 0.2) is 5.69 Å². The molecule has 3 aromatic rings. The molecule has 1 aromatic heterocycles. The van der Waals surface area contributed by atoms with E-state index in [4.69, 9.17) is 0 Å². The number of carbonyl (C=O) groups excluding carboxylic acids is 1. The van der Waals surface area contributed by atoms with E-state index in [0.717, 1.165) is 45.4 Å². The third-order valence-electron chi connectivity index (χ3n) is 6.28. The zero-order valence-corrected chi connectivity index (χ0v) is 19.7. The predicted octanol–water partition coefficient (Wildman–Crippen LogP) is 6.34. The minimum atomic E-state index is -0.223. The molecule has 1 amide bonds. The van der Waals surface area contributed by atoms with E-state index in [0.29, 0.717) is 5.69 Å². The molecule has 0 radical (unpaired) electrons. The summed E-state index contributed by atoms with van der Waals surface area (Å²) in [5, 5.41) is 11.1. The van der Waals surface area contributed by atoms with E-state index in [1.54, 1.807) is 0 Å². The molecule has 5 nitrogen and oxygen atoms in total. The molecule has 0 aliphatic carbocycles. The second-order valence-electron chi connectivity index (χ2n) is 8.79. The van der Waals surface area contributed by atoms with Crippen LogP contribution in [0, 0.1) is 0 Å². The number of hydrogen-bond acceptors (Lipinski definition) is 3. The molecule has 0 bridgehead atoms. The van der Waals surface area contributed by atoms with E-state index in [1.807, 2.05) is 50.3 Å². The van der Waals surface area contributed by atoms with Crippen molar-refractivity contribution >= 4 is 28.1 Å². The summed E-state index contributed by atoms with van der Waals surface area (Å²) in [5.41, 5.74) is 7.51. The number of H-pyrrole nitrogens is 1. The van der Waals surface area contributed by atoms with E-state index in [9.17, 15) is 4.79 Å². The highest BCUT2D eigenvalue weighted by Gasteiger charge is 2.16. The lowest BCUT2D eigenvalue weighted by atomic mass is 9.95. The Morgan fingerprint density at radius 2 is 1.88 bits per heavy atom. The topological polar surface area (TPSA) is 61.0 Å². The van der Waals surface area contributed by atoms with Gasteiger partial charge in [0.25, 0.3) is 5.91 Å². The summed E-state index contributed by atoms with van der Waals surface area (Å²) < 4.78 is 0. The Kier molecular flexibility index (Phi) is 6.90. The average Bonchev–Trinajstić information content (AvgIpc) is 3.47. The van der Waals surface area contributed by atoms with Gasteiger partial charge in [0.1, 0.15) is 0 Å². The van der Waals surface area contributed by atoms with Crippen LogP contribution in [0.1, 0.15) is 55.2 Å². The van der Waals surface area contributed by atoms with E-state index >= 15 is 0 Å². The van der Waals surface area contributed by atoms with Crippen molar-refractivity contribution in [2.45, 2.75) is 40.2 Å². The molecule has 170 valence electrons. The zero-order valence-electron chi connectivity index (χ0n) is 19.7. The molecule has 1 saturated heterocycles. The van der Waals surface area contributed by atoms with Gasteiger partial charge in [0.2, 0.25) is 0 Å². The molecule has 2 heterocycles. The van der Waals surface area contributed by atoms with Crippen molar-refractivity contribution in [1.29, 1.82) is 0 Å². The van der Waals surface area contributed by atoms with Gasteiger partial charge in [0, 0.05) is 17.6 Å². The minimum absolute atomic E-state index is 0.223. The molecule has 33 heavy (non-hydrogen) atoms. The molecular formula is C28H32N4O. The number of hydrogen-bond donors (Lipinski definition) is 2. The largest absolute Gasteiger partial charge is 0.321 e. The highest BCUT2D eigenvalue weighted by atomic mass is 16.1. The Bertz CT molecular complexity index is 1220. The molecule has 0 spiro atoms. The quantitative estimate of drug-likeness (QED) is 0.422. The Labute approximate surface area is 195 Å². The smallest absolute Gasteiger partial charge is 0.276 e. The van der Waals surface area contributed by atoms with Crippen molar-refractivity contribution in [3.8, 4) is 0 Å². The first kappa shape index (κ1) is 22.7. The zero-order chi connectivity index (χ0) is 23.4. The fourth-order valence-electron chi connectivity index (χ4n) is 4.27. The van der Waals surface area contributed by atoms with Crippen LogP contribution in [0.15, 0.2) is 72.3 Å². The van der Waals surface area contributed by atoms with Gasteiger partial charge in [-0.05, 0) is 93.2 Å². The van der Waals surface area contributed by atoms with Crippen molar-refractivity contribution in [2.24, 2.45) is 0 Å². The van der Waals surface area contributed by atoms with E-state index in [-0.39, 0.29) is 5.91 Å². The van der Waals surface area contributed by atoms with E-state index < -0.39 is 0 Å². The van der Waals surface area contributed by atoms with Crippen LogP contribution in [0.4, 0.5) is 5.69 Å². The van der Waals surface area contributed by atoms with Gasteiger partial charge in [-0.2, -0.15) is 5.10 Å². The van der Waals surface area contributed by atoms with E-state index in [2.05, 4.69) is 52.1 Å². The third kappa shape index (κ3) is 5.15. The maximum Gasteiger partial charge on any atom is 0.276 e. The summed E-state index contributed by atoms with van der Waals surface area (Å²) in [7, 11) is 0. The molecule has 1 fully saturated rings. The second kappa shape index (κ2) is 10.0. The monoisotopic (exact) mass is 440 g/mol. The van der Waals surface area contributed by atoms with Crippen LogP contribution in [-0.2, 0) is 6.54 Å². The van der Waals surface area contributed by atoms with Crippen LogP contribution in [0.5, 0.6) is 0 Å². The number of benzene rings is 2. The number of nitrogens with zero attached hydrogens (tertiary/aromatic N) is 2. The number of aromatic amines is 1. The van der Waals surface area contributed by atoms with Crippen LogP contribution >= 0.6 is 0 Å². The fourth-order valence-corrected chi connectivity index (χ4v) is 4.27. The first-order chi connectivity index (χ1) is 16.0. The van der Waals surface area contributed by atoms with Crippen LogP contribution in [0.3, 0.4) is 0 Å². The number of rotatable bonds is 7. The average molecular weight is 441 g/mol. The lowest BCUT2D eigenvalue weighted by molar-refractivity contribution is 0.102. The van der Waals surface area contributed by atoms with Gasteiger partial charge in [0.05, 0.1) is 5.52 Å². The Morgan fingerprint density at radius 3 is 2.55 bits per heavy atom. The number of carbonyl (C=O) groups is 1. The summed E-state index contributed by atoms with van der Waals surface area (Å²) in [4.78, 5) is 15.5. The predicted molar refractivity (Wildman–Crippen MR) is 137 cm³/mol. The summed E-state index contributed by atoms with van der Waals surface area (Å²) >= 11 is 0. The molecule has 0 unspecified atom stereocenters. The fraction of sp³-hybridized carbons (Fsp3) is 0.286. The third-order valence-corrected chi connectivity index (χ3v) is 6.28. The van der Waals surface area contributed by atoms with Crippen molar-refractivity contribution in [3.63, 3.8) is 0 Å². The second-order valence-corrected chi connectivity index (χ2v) is 8.79. The highest BCUT2D eigenvalue weighted by Crippen LogP contribution is 2.28. The first-order valence-corrected chi connectivity index (χ1v) is 11.6.